The van der Waals surface area contributed by atoms with E-state index in [4.69, 9.17) is 10.3 Å². The SMILES string of the molecule is COc1ccc([C@H]2CCC[C@](C)(C(=O)C=[N+]=[N-])[C@@H]2CCc2ccccc2)cc1. The number of ether oxygens (including phenoxy) is 1. The molecule has 1 aliphatic carbocycles. The highest BCUT2D eigenvalue weighted by atomic mass is 16.5. The van der Waals surface area contributed by atoms with Crippen LogP contribution in [0, 0.1) is 11.3 Å². The molecule has 1 aliphatic rings. The Morgan fingerprint density at radius 2 is 1.93 bits per heavy atom. The number of benzene rings is 2. The first-order valence-electron chi connectivity index (χ1n) is 9.98. The summed E-state index contributed by atoms with van der Waals surface area (Å²) < 4.78 is 5.30. The molecule has 3 atom stereocenters. The quantitative estimate of drug-likeness (QED) is 0.384. The van der Waals surface area contributed by atoms with Gasteiger partial charge >= 0.3 is 6.21 Å². The molecule has 28 heavy (non-hydrogen) atoms. The van der Waals surface area contributed by atoms with Gasteiger partial charge in [-0.15, -0.1) is 0 Å². The summed E-state index contributed by atoms with van der Waals surface area (Å²) in [5.41, 5.74) is 11.0. The molecule has 0 aromatic heterocycles. The smallest absolute Gasteiger partial charge is 0.323 e. The molecule has 0 spiro atoms. The van der Waals surface area contributed by atoms with Crippen molar-refractivity contribution >= 4 is 12.0 Å². The van der Waals surface area contributed by atoms with Gasteiger partial charge in [0.1, 0.15) is 5.75 Å². The van der Waals surface area contributed by atoms with Crippen molar-refractivity contribution in [3.63, 3.8) is 0 Å². The average Bonchev–Trinajstić information content (AvgIpc) is 2.73. The second-order valence-corrected chi connectivity index (χ2v) is 7.93. The normalized spacial score (nSPS) is 24.2. The molecule has 0 amide bonds. The van der Waals surface area contributed by atoms with Crippen molar-refractivity contribution in [1.29, 1.82) is 0 Å². The van der Waals surface area contributed by atoms with E-state index in [0.29, 0.717) is 5.92 Å². The number of aryl methyl sites for hydroxylation is 1. The lowest BCUT2D eigenvalue weighted by Gasteiger charge is -2.44. The monoisotopic (exact) mass is 376 g/mol. The summed E-state index contributed by atoms with van der Waals surface area (Å²) in [6.45, 7) is 2.04. The Balaban J connectivity index is 1.93. The Morgan fingerprint density at radius 1 is 1.21 bits per heavy atom. The molecule has 0 saturated heterocycles. The predicted molar refractivity (Wildman–Crippen MR) is 111 cm³/mol. The summed E-state index contributed by atoms with van der Waals surface area (Å²) in [4.78, 5) is 15.9. The van der Waals surface area contributed by atoms with E-state index >= 15 is 0 Å². The van der Waals surface area contributed by atoms with E-state index in [0.717, 1.165) is 44.1 Å². The van der Waals surface area contributed by atoms with Gasteiger partial charge in [-0.05, 0) is 60.8 Å². The number of rotatable bonds is 7. The van der Waals surface area contributed by atoms with E-state index in [1.165, 1.54) is 11.1 Å². The fourth-order valence-corrected chi connectivity index (χ4v) is 4.76. The second kappa shape index (κ2) is 8.99. The third kappa shape index (κ3) is 4.23. The number of nitrogens with zero attached hydrogens (tertiary/aromatic N) is 2. The van der Waals surface area contributed by atoms with Crippen LogP contribution in [0.4, 0.5) is 0 Å². The molecule has 3 rings (SSSR count). The number of hydrogen-bond donors (Lipinski definition) is 0. The Labute approximate surface area is 167 Å². The standard InChI is InChI=1S/C24H28N2O2/c1-24(23(27)17-26-25)16-6-9-21(19-11-13-20(28-2)14-12-19)22(24)15-10-18-7-4-3-5-8-18/h3-5,7-8,11-14,17,21-22H,6,9-10,15-16H2,1-2H3/t21-,22-,24+/m1/s1. The highest BCUT2D eigenvalue weighted by molar-refractivity contribution is 6.27. The molecule has 1 fully saturated rings. The van der Waals surface area contributed by atoms with E-state index in [2.05, 4.69) is 41.2 Å². The van der Waals surface area contributed by atoms with Crippen LogP contribution in [0.3, 0.4) is 0 Å². The van der Waals surface area contributed by atoms with Gasteiger partial charge in [-0.3, -0.25) is 4.79 Å². The first kappa shape index (κ1) is 20.0. The van der Waals surface area contributed by atoms with Crippen LogP contribution in [-0.4, -0.2) is 23.9 Å². The fraction of sp³-hybridized carbons (Fsp3) is 0.417. The maximum absolute atomic E-state index is 12.9. The molecule has 4 nitrogen and oxygen atoms in total. The number of methoxy groups -OCH3 is 1. The summed E-state index contributed by atoms with van der Waals surface area (Å²) in [7, 11) is 1.67. The summed E-state index contributed by atoms with van der Waals surface area (Å²) >= 11 is 0. The Morgan fingerprint density at radius 3 is 2.57 bits per heavy atom. The van der Waals surface area contributed by atoms with Crippen LogP contribution in [-0.2, 0) is 11.2 Å². The van der Waals surface area contributed by atoms with E-state index in [-0.39, 0.29) is 11.7 Å². The molecule has 0 radical (unpaired) electrons. The lowest BCUT2D eigenvalue weighted by molar-refractivity contribution is -0.130. The van der Waals surface area contributed by atoms with E-state index in [1.807, 2.05) is 25.1 Å². The van der Waals surface area contributed by atoms with Gasteiger partial charge in [-0.25, -0.2) is 0 Å². The minimum atomic E-state index is -0.524. The number of ketones is 1. The molecule has 146 valence electrons. The third-order valence-electron chi connectivity index (χ3n) is 6.38. The zero-order valence-electron chi connectivity index (χ0n) is 16.7. The topological polar surface area (TPSA) is 62.7 Å². The maximum Gasteiger partial charge on any atom is 0.323 e. The lowest BCUT2D eigenvalue weighted by atomic mass is 9.58. The van der Waals surface area contributed by atoms with Crippen molar-refractivity contribution in [3.8, 4) is 5.75 Å². The van der Waals surface area contributed by atoms with E-state index in [1.54, 1.807) is 7.11 Å². The molecule has 4 heteroatoms. The molecular weight excluding hydrogens is 348 g/mol. The largest absolute Gasteiger partial charge is 0.497 e. The van der Waals surface area contributed by atoms with Gasteiger partial charge in [0.2, 0.25) is 5.78 Å². The van der Waals surface area contributed by atoms with Crippen LogP contribution in [0.25, 0.3) is 5.53 Å². The minimum absolute atomic E-state index is 0.0775. The fourth-order valence-electron chi connectivity index (χ4n) is 4.76. The number of carbonyl (C=O) groups is 1. The molecule has 2 aromatic rings. The van der Waals surface area contributed by atoms with Crippen LogP contribution in [0.2, 0.25) is 0 Å². The lowest BCUT2D eigenvalue weighted by Crippen LogP contribution is -2.43. The molecule has 0 unspecified atom stereocenters. The zero-order chi connectivity index (χ0) is 20.0. The molecular formula is C24H28N2O2. The van der Waals surface area contributed by atoms with Crippen molar-refractivity contribution < 1.29 is 14.3 Å². The molecule has 0 heterocycles. The van der Waals surface area contributed by atoms with E-state index in [9.17, 15) is 4.79 Å². The van der Waals surface area contributed by atoms with Crippen LogP contribution < -0.4 is 4.74 Å². The van der Waals surface area contributed by atoms with Gasteiger partial charge in [-0.1, -0.05) is 55.8 Å². The van der Waals surface area contributed by atoms with Crippen molar-refractivity contribution in [2.24, 2.45) is 11.3 Å². The van der Waals surface area contributed by atoms with Crippen LogP contribution >= 0.6 is 0 Å². The third-order valence-corrected chi connectivity index (χ3v) is 6.38. The summed E-state index contributed by atoms with van der Waals surface area (Å²) in [5.74, 6) is 1.24. The van der Waals surface area contributed by atoms with Crippen molar-refractivity contribution in [2.75, 3.05) is 7.11 Å². The summed E-state index contributed by atoms with van der Waals surface area (Å²) in [6.07, 6.45) is 5.81. The Kier molecular flexibility index (Phi) is 6.43. The van der Waals surface area contributed by atoms with Gasteiger partial charge in [0.15, 0.2) is 0 Å². The van der Waals surface area contributed by atoms with Crippen LogP contribution in [0.15, 0.2) is 54.6 Å². The Bertz CT molecular complexity index is 841. The van der Waals surface area contributed by atoms with Gasteiger partial charge in [0.25, 0.3) is 0 Å². The molecule has 0 aliphatic heterocycles. The van der Waals surface area contributed by atoms with Crippen LogP contribution in [0.5, 0.6) is 5.75 Å². The maximum atomic E-state index is 12.9. The molecule has 0 N–H and O–H groups in total. The minimum Gasteiger partial charge on any atom is -0.497 e. The van der Waals surface area contributed by atoms with Crippen molar-refractivity contribution in [1.82, 2.24) is 0 Å². The first-order chi connectivity index (χ1) is 13.6. The summed E-state index contributed by atoms with van der Waals surface area (Å²) in [6, 6.07) is 18.6. The number of hydrogen-bond acceptors (Lipinski definition) is 2. The van der Waals surface area contributed by atoms with Crippen LogP contribution in [0.1, 0.15) is 49.7 Å². The number of carbonyl (C=O) groups excluding carboxylic acids is 1. The predicted octanol–water partition coefficient (Wildman–Crippen LogP) is 5.09. The molecule has 2 aromatic carbocycles. The second-order valence-electron chi connectivity index (χ2n) is 7.93. The van der Waals surface area contributed by atoms with Gasteiger partial charge in [0.05, 0.1) is 7.11 Å². The van der Waals surface area contributed by atoms with E-state index < -0.39 is 5.41 Å². The average molecular weight is 377 g/mol. The molecule has 1 saturated carbocycles. The van der Waals surface area contributed by atoms with Crippen molar-refractivity contribution in [3.05, 3.63) is 71.3 Å². The van der Waals surface area contributed by atoms with Gasteiger partial charge in [-0.2, -0.15) is 4.79 Å². The Hall–Kier alpha value is -2.71. The van der Waals surface area contributed by atoms with Crippen molar-refractivity contribution in [2.45, 2.75) is 44.9 Å². The zero-order valence-corrected chi connectivity index (χ0v) is 16.7. The number of Topliss-reactive ketones (excluding diaryl/α,β-unsaturated/α-hetero) is 1. The molecule has 0 bridgehead atoms. The highest BCUT2D eigenvalue weighted by Crippen LogP contribution is 2.51. The van der Waals surface area contributed by atoms with Gasteiger partial charge < -0.3 is 10.3 Å². The summed E-state index contributed by atoms with van der Waals surface area (Å²) in [5, 5.41) is 0. The highest BCUT2D eigenvalue weighted by Gasteiger charge is 2.47. The van der Waals surface area contributed by atoms with Gasteiger partial charge in [0, 0.05) is 5.41 Å². The first-order valence-corrected chi connectivity index (χ1v) is 9.98.